The fourth-order valence-corrected chi connectivity index (χ4v) is 4.63. The van der Waals surface area contributed by atoms with Crippen molar-refractivity contribution in [1.82, 2.24) is 4.90 Å². The highest BCUT2D eigenvalue weighted by Gasteiger charge is 2.35. The van der Waals surface area contributed by atoms with Crippen LogP contribution in [0.3, 0.4) is 0 Å². The summed E-state index contributed by atoms with van der Waals surface area (Å²) in [5.41, 5.74) is 5.00. The molecule has 0 bridgehead atoms. The van der Waals surface area contributed by atoms with Crippen LogP contribution in [0.25, 0.3) is 21.9 Å². The summed E-state index contributed by atoms with van der Waals surface area (Å²) < 4.78 is 0. The van der Waals surface area contributed by atoms with Gasteiger partial charge in [0.15, 0.2) is 5.78 Å². The topological polar surface area (TPSA) is 54.5 Å². The summed E-state index contributed by atoms with van der Waals surface area (Å²) in [5.74, 6) is -0.559. The van der Waals surface area contributed by atoms with E-state index in [1.165, 1.54) is 4.90 Å². The van der Waals surface area contributed by atoms with Crippen LogP contribution in [0.4, 0.5) is 0 Å². The van der Waals surface area contributed by atoms with Crippen molar-refractivity contribution in [2.75, 3.05) is 0 Å². The average molecular weight is 389 g/mol. The quantitative estimate of drug-likeness (QED) is 0.406. The molecule has 30 heavy (non-hydrogen) atoms. The number of imide groups is 1. The molecule has 0 atom stereocenters. The number of hydrogen-bond donors (Lipinski definition) is 0. The minimum Gasteiger partial charge on any atom is -0.289 e. The minimum absolute atomic E-state index is 0.00146. The number of fused-ring (bicyclic) bond motifs is 3. The standard InChI is InChI=1S/C26H15NO3/c28-24-19-7-2-1-6-17(19)18-13-12-15(16-10-5-11-22(24)23(16)18)14-27-25(29)20-8-3-4-9-21(20)26(27)30/h1-13H,14H2. The summed E-state index contributed by atoms with van der Waals surface area (Å²) in [6, 6.07) is 24.1. The molecule has 0 unspecified atom stereocenters. The summed E-state index contributed by atoms with van der Waals surface area (Å²) >= 11 is 0. The SMILES string of the molecule is O=C1c2ccccc2-c2ccc(CN3C(=O)c4ccccc4C3=O)c3cccc1c23. The maximum Gasteiger partial charge on any atom is 0.261 e. The molecular weight excluding hydrogens is 374 g/mol. The monoisotopic (exact) mass is 389 g/mol. The van der Waals surface area contributed by atoms with Crippen LogP contribution in [-0.2, 0) is 6.54 Å². The second-order valence-corrected chi connectivity index (χ2v) is 7.62. The third kappa shape index (κ3) is 2.13. The molecule has 1 heterocycles. The van der Waals surface area contributed by atoms with E-state index in [9.17, 15) is 14.4 Å². The normalized spacial score (nSPS) is 14.3. The van der Waals surface area contributed by atoms with Gasteiger partial charge in [0, 0.05) is 16.5 Å². The van der Waals surface area contributed by atoms with Gasteiger partial charge in [0.1, 0.15) is 0 Å². The van der Waals surface area contributed by atoms with Crippen molar-refractivity contribution in [2.45, 2.75) is 6.54 Å². The molecule has 0 saturated heterocycles. The molecule has 4 aromatic carbocycles. The van der Waals surface area contributed by atoms with E-state index in [-0.39, 0.29) is 24.1 Å². The van der Waals surface area contributed by atoms with Crippen LogP contribution in [0.1, 0.15) is 42.2 Å². The van der Waals surface area contributed by atoms with Gasteiger partial charge in [-0.25, -0.2) is 0 Å². The van der Waals surface area contributed by atoms with Crippen LogP contribution < -0.4 is 0 Å². The summed E-state index contributed by atoms with van der Waals surface area (Å²) in [6.45, 7) is 0.169. The highest BCUT2D eigenvalue weighted by molar-refractivity contribution is 6.26. The number of amides is 2. The zero-order valence-electron chi connectivity index (χ0n) is 15.9. The van der Waals surface area contributed by atoms with Crippen LogP contribution in [0.15, 0.2) is 78.9 Å². The Kier molecular flexibility index (Phi) is 3.36. The first-order chi connectivity index (χ1) is 14.6. The van der Waals surface area contributed by atoms with Crippen molar-refractivity contribution >= 4 is 28.4 Å². The summed E-state index contributed by atoms with van der Waals surface area (Å²) in [7, 11) is 0. The van der Waals surface area contributed by atoms with Crippen LogP contribution in [0, 0.1) is 0 Å². The molecule has 0 saturated carbocycles. The maximum absolute atomic E-state index is 13.1. The van der Waals surface area contributed by atoms with E-state index in [2.05, 4.69) is 0 Å². The summed E-state index contributed by atoms with van der Waals surface area (Å²) in [5, 5.41) is 1.78. The van der Waals surface area contributed by atoms with Gasteiger partial charge in [0.05, 0.1) is 17.7 Å². The minimum atomic E-state index is -0.280. The van der Waals surface area contributed by atoms with E-state index >= 15 is 0 Å². The highest BCUT2D eigenvalue weighted by atomic mass is 16.2. The summed E-state index contributed by atoms with van der Waals surface area (Å²) in [6.07, 6.45) is 0. The molecule has 0 N–H and O–H groups in total. The predicted octanol–water partition coefficient (Wildman–Crippen LogP) is 4.85. The lowest BCUT2D eigenvalue weighted by Crippen LogP contribution is -2.29. The Morgan fingerprint density at radius 2 is 1.13 bits per heavy atom. The Labute approximate surface area is 172 Å². The highest BCUT2D eigenvalue weighted by Crippen LogP contribution is 2.41. The van der Waals surface area contributed by atoms with Gasteiger partial charge in [-0.1, -0.05) is 66.7 Å². The van der Waals surface area contributed by atoms with Gasteiger partial charge in [-0.3, -0.25) is 19.3 Å². The molecule has 1 aliphatic carbocycles. The Morgan fingerprint density at radius 1 is 0.533 bits per heavy atom. The molecule has 0 aromatic heterocycles. The van der Waals surface area contributed by atoms with Crippen molar-refractivity contribution in [3.05, 3.63) is 107 Å². The lowest BCUT2D eigenvalue weighted by Gasteiger charge is -2.22. The molecule has 4 nitrogen and oxygen atoms in total. The lowest BCUT2D eigenvalue weighted by atomic mass is 9.82. The van der Waals surface area contributed by atoms with Gasteiger partial charge in [-0.15, -0.1) is 0 Å². The van der Waals surface area contributed by atoms with Crippen molar-refractivity contribution in [2.24, 2.45) is 0 Å². The van der Waals surface area contributed by atoms with Gasteiger partial charge >= 0.3 is 0 Å². The number of carbonyl (C=O) groups is 3. The molecule has 4 heteroatoms. The van der Waals surface area contributed by atoms with E-state index in [0.29, 0.717) is 22.3 Å². The van der Waals surface area contributed by atoms with Gasteiger partial charge in [0.2, 0.25) is 0 Å². The van der Waals surface area contributed by atoms with Gasteiger partial charge in [-0.2, -0.15) is 0 Å². The molecular formula is C26H15NO3. The van der Waals surface area contributed by atoms with Crippen LogP contribution in [0.2, 0.25) is 0 Å². The number of ketones is 1. The number of carbonyl (C=O) groups excluding carboxylic acids is 3. The Bertz CT molecular complexity index is 1400. The van der Waals surface area contributed by atoms with Gasteiger partial charge < -0.3 is 0 Å². The first-order valence-electron chi connectivity index (χ1n) is 9.79. The Balaban J connectivity index is 1.52. The Hall–Kier alpha value is -4.05. The van der Waals surface area contributed by atoms with Crippen molar-refractivity contribution in [3.63, 3.8) is 0 Å². The molecule has 0 fully saturated rings. The van der Waals surface area contributed by atoms with E-state index in [0.717, 1.165) is 27.5 Å². The van der Waals surface area contributed by atoms with E-state index in [1.54, 1.807) is 24.3 Å². The average Bonchev–Trinajstić information content (AvgIpc) is 3.03. The molecule has 1 aliphatic heterocycles. The van der Waals surface area contributed by atoms with Crippen LogP contribution >= 0.6 is 0 Å². The van der Waals surface area contributed by atoms with E-state index < -0.39 is 0 Å². The number of benzene rings is 4. The van der Waals surface area contributed by atoms with Crippen molar-refractivity contribution < 1.29 is 14.4 Å². The zero-order chi connectivity index (χ0) is 20.4. The van der Waals surface area contributed by atoms with E-state index in [4.69, 9.17) is 0 Å². The smallest absolute Gasteiger partial charge is 0.261 e. The molecule has 4 aromatic rings. The van der Waals surface area contributed by atoms with E-state index in [1.807, 2.05) is 54.6 Å². The van der Waals surface area contributed by atoms with Gasteiger partial charge in [0.25, 0.3) is 11.8 Å². The maximum atomic E-state index is 13.1. The second kappa shape index (κ2) is 5.97. The lowest BCUT2D eigenvalue weighted by molar-refractivity contribution is 0.0642. The fourth-order valence-electron chi connectivity index (χ4n) is 4.63. The largest absolute Gasteiger partial charge is 0.289 e. The number of rotatable bonds is 2. The second-order valence-electron chi connectivity index (χ2n) is 7.62. The zero-order valence-corrected chi connectivity index (χ0v) is 15.9. The van der Waals surface area contributed by atoms with Crippen molar-refractivity contribution in [3.8, 4) is 11.1 Å². The molecule has 6 rings (SSSR count). The third-order valence-corrected chi connectivity index (χ3v) is 6.04. The molecule has 0 spiro atoms. The predicted molar refractivity (Wildman–Crippen MR) is 113 cm³/mol. The first-order valence-corrected chi connectivity index (χ1v) is 9.79. The van der Waals surface area contributed by atoms with Crippen LogP contribution in [-0.4, -0.2) is 22.5 Å². The molecule has 142 valence electrons. The fraction of sp³-hybridized carbons (Fsp3) is 0.0385. The molecule has 2 amide bonds. The van der Waals surface area contributed by atoms with Crippen LogP contribution in [0.5, 0.6) is 0 Å². The molecule has 2 aliphatic rings. The third-order valence-electron chi connectivity index (χ3n) is 6.04. The summed E-state index contributed by atoms with van der Waals surface area (Å²) in [4.78, 5) is 40.0. The van der Waals surface area contributed by atoms with Crippen molar-refractivity contribution in [1.29, 1.82) is 0 Å². The number of hydrogen-bond acceptors (Lipinski definition) is 3. The first kappa shape index (κ1) is 16.9. The van der Waals surface area contributed by atoms with Gasteiger partial charge in [-0.05, 0) is 34.2 Å². The number of nitrogens with zero attached hydrogens (tertiary/aromatic N) is 1. The molecule has 0 radical (unpaired) electrons. The Morgan fingerprint density at radius 3 is 1.83 bits per heavy atom.